The molecule has 0 atom stereocenters. The molecule has 1 aromatic heterocycles. The molecule has 2 aromatic rings. The Morgan fingerprint density at radius 2 is 2.00 bits per heavy atom. The summed E-state index contributed by atoms with van der Waals surface area (Å²) in [6.07, 6.45) is 0. The number of benzene rings is 1. The SMILES string of the molecule is NC(=O)c1c(O)sc2ccccc2c1=O. The molecule has 2 rings (SSSR count). The van der Waals surface area contributed by atoms with E-state index >= 15 is 0 Å². The Labute approximate surface area is 88.6 Å². The van der Waals surface area contributed by atoms with Crippen molar-refractivity contribution in [2.75, 3.05) is 0 Å². The summed E-state index contributed by atoms with van der Waals surface area (Å²) in [6, 6.07) is 6.74. The van der Waals surface area contributed by atoms with Crippen molar-refractivity contribution in [2.45, 2.75) is 0 Å². The van der Waals surface area contributed by atoms with Crippen molar-refractivity contribution in [3.05, 3.63) is 40.1 Å². The lowest BCUT2D eigenvalue weighted by molar-refractivity contribution is 0.0997. The largest absolute Gasteiger partial charge is 0.499 e. The summed E-state index contributed by atoms with van der Waals surface area (Å²) in [6.45, 7) is 0. The lowest BCUT2D eigenvalue weighted by atomic mass is 10.2. The van der Waals surface area contributed by atoms with E-state index in [4.69, 9.17) is 5.73 Å². The third-order valence-corrected chi connectivity index (χ3v) is 3.00. The molecule has 15 heavy (non-hydrogen) atoms. The number of fused-ring (bicyclic) bond motifs is 1. The van der Waals surface area contributed by atoms with Gasteiger partial charge in [-0.05, 0) is 12.1 Å². The lowest BCUT2D eigenvalue weighted by Gasteiger charge is -2.00. The first-order valence-corrected chi connectivity index (χ1v) is 4.97. The Hall–Kier alpha value is -1.88. The van der Waals surface area contributed by atoms with Gasteiger partial charge in [0.1, 0.15) is 5.56 Å². The van der Waals surface area contributed by atoms with Gasteiger partial charge in [-0.2, -0.15) is 0 Å². The molecule has 1 aromatic carbocycles. The zero-order valence-corrected chi connectivity index (χ0v) is 8.38. The predicted molar refractivity (Wildman–Crippen MR) is 58.3 cm³/mol. The van der Waals surface area contributed by atoms with E-state index in [9.17, 15) is 14.7 Å². The minimum absolute atomic E-state index is 0.328. The Kier molecular flexibility index (Phi) is 2.17. The summed E-state index contributed by atoms with van der Waals surface area (Å²) in [5, 5.41) is 9.55. The van der Waals surface area contributed by atoms with Crippen LogP contribution in [0.4, 0.5) is 0 Å². The van der Waals surface area contributed by atoms with Crippen LogP contribution in [0.15, 0.2) is 29.1 Å². The highest BCUT2D eigenvalue weighted by Gasteiger charge is 2.15. The van der Waals surface area contributed by atoms with Crippen molar-refractivity contribution in [1.29, 1.82) is 0 Å². The quantitative estimate of drug-likeness (QED) is 0.755. The molecule has 0 saturated carbocycles. The highest BCUT2D eigenvalue weighted by Crippen LogP contribution is 2.26. The molecule has 0 aliphatic carbocycles. The van der Waals surface area contributed by atoms with Crippen LogP contribution >= 0.6 is 11.3 Å². The Balaban J connectivity index is 2.97. The molecule has 4 nitrogen and oxygen atoms in total. The first-order valence-electron chi connectivity index (χ1n) is 4.16. The minimum atomic E-state index is -0.903. The number of primary amides is 1. The second-order valence-corrected chi connectivity index (χ2v) is 4.00. The molecule has 1 heterocycles. The van der Waals surface area contributed by atoms with Crippen LogP contribution in [0.3, 0.4) is 0 Å². The van der Waals surface area contributed by atoms with E-state index in [1.807, 2.05) is 0 Å². The summed E-state index contributed by atoms with van der Waals surface area (Å²) in [4.78, 5) is 22.7. The lowest BCUT2D eigenvalue weighted by Crippen LogP contribution is -2.21. The van der Waals surface area contributed by atoms with Gasteiger partial charge in [0.15, 0.2) is 5.06 Å². The maximum atomic E-state index is 11.7. The van der Waals surface area contributed by atoms with E-state index in [2.05, 4.69) is 0 Å². The van der Waals surface area contributed by atoms with Crippen LogP contribution in [0.5, 0.6) is 5.06 Å². The molecule has 0 unspecified atom stereocenters. The van der Waals surface area contributed by atoms with Crippen molar-refractivity contribution < 1.29 is 9.90 Å². The van der Waals surface area contributed by atoms with Gasteiger partial charge < -0.3 is 10.8 Å². The van der Waals surface area contributed by atoms with E-state index < -0.39 is 11.3 Å². The molecule has 0 aliphatic rings. The van der Waals surface area contributed by atoms with Gasteiger partial charge in [-0.15, -0.1) is 0 Å². The molecule has 5 heteroatoms. The number of amides is 1. The number of hydrogen-bond donors (Lipinski definition) is 2. The minimum Gasteiger partial charge on any atom is -0.499 e. The van der Waals surface area contributed by atoms with Crippen molar-refractivity contribution in [2.24, 2.45) is 5.73 Å². The third kappa shape index (κ3) is 1.46. The van der Waals surface area contributed by atoms with Crippen LogP contribution in [0.1, 0.15) is 10.4 Å². The fraction of sp³-hybridized carbons (Fsp3) is 0. The smallest absolute Gasteiger partial charge is 0.257 e. The normalized spacial score (nSPS) is 10.4. The van der Waals surface area contributed by atoms with E-state index in [-0.39, 0.29) is 10.6 Å². The van der Waals surface area contributed by atoms with E-state index in [0.717, 1.165) is 11.3 Å². The van der Waals surface area contributed by atoms with Gasteiger partial charge >= 0.3 is 0 Å². The van der Waals surface area contributed by atoms with Gasteiger partial charge in [0.2, 0.25) is 5.43 Å². The van der Waals surface area contributed by atoms with Crippen LogP contribution in [0.25, 0.3) is 10.1 Å². The van der Waals surface area contributed by atoms with E-state index in [1.54, 1.807) is 24.3 Å². The fourth-order valence-electron chi connectivity index (χ4n) is 1.35. The Morgan fingerprint density at radius 3 is 2.67 bits per heavy atom. The van der Waals surface area contributed by atoms with Gasteiger partial charge in [-0.1, -0.05) is 23.5 Å². The molecular formula is C10H7NO3S. The van der Waals surface area contributed by atoms with Crippen LogP contribution in [0, 0.1) is 0 Å². The zero-order valence-electron chi connectivity index (χ0n) is 7.56. The summed E-state index contributed by atoms with van der Waals surface area (Å²) >= 11 is 0.966. The number of aromatic hydroxyl groups is 1. The molecule has 0 bridgehead atoms. The standard InChI is InChI=1S/C10H7NO3S/c11-9(13)7-8(12)5-3-1-2-4-6(5)15-10(7)14/h1-4,14H,(H2,11,13). The molecule has 0 fully saturated rings. The van der Waals surface area contributed by atoms with Crippen LogP contribution in [-0.4, -0.2) is 11.0 Å². The average molecular weight is 221 g/mol. The van der Waals surface area contributed by atoms with Gasteiger partial charge in [0.25, 0.3) is 5.91 Å². The molecule has 76 valence electrons. The summed E-state index contributed by atoms with van der Waals surface area (Å²) in [5.41, 5.74) is 4.16. The number of hydrogen-bond acceptors (Lipinski definition) is 4. The summed E-state index contributed by atoms with van der Waals surface area (Å²) < 4.78 is 0.630. The topological polar surface area (TPSA) is 80.4 Å². The molecular weight excluding hydrogens is 214 g/mol. The molecule has 3 N–H and O–H groups in total. The number of carbonyl (C=O) groups is 1. The first kappa shape index (κ1) is 9.67. The van der Waals surface area contributed by atoms with Gasteiger partial charge in [-0.25, -0.2) is 0 Å². The molecule has 0 aliphatic heterocycles. The third-order valence-electron chi connectivity index (χ3n) is 2.03. The second-order valence-electron chi connectivity index (χ2n) is 2.97. The van der Waals surface area contributed by atoms with Crippen LogP contribution < -0.4 is 11.2 Å². The summed E-state index contributed by atoms with van der Waals surface area (Å²) in [5.74, 6) is -0.903. The van der Waals surface area contributed by atoms with Crippen molar-refractivity contribution in [3.63, 3.8) is 0 Å². The van der Waals surface area contributed by atoms with Gasteiger partial charge in [0.05, 0.1) is 0 Å². The molecule has 0 spiro atoms. The van der Waals surface area contributed by atoms with Crippen molar-refractivity contribution >= 4 is 27.3 Å². The fourth-order valence-corrected chi connectivity index (χ4v) is 2.27. The number of nitrogens with two attached hydrogens (primary N) is 1. The van der Waals surface area contributed by atoms with Crippen LogP contribution in [-0.2, 0) is 0 Å². The molecule has 1 amide bonds. The molecule has 0 saturated heterocycles. The van der Waals surface area contributed by atoms with Crippen LogP contribution in [0.2, 0.25) is 0 Å². The van der Waals surface area contributed by atoms with Gasteiger partial charge in [-0.3, -0.25) is 9.59 Å². The highest BCUT2D eigenvalue weighted by atomic mass is 32.1. The van der Waals surface area contributed by atoms with Crippen molar-refractivity contribution in [1.82, 2.24) is 0 Å². The Morgan fingerprint density at radius 1 is 1.33 bits per heavy atom. The molecule has 0 radical (unpaired) electrons. The maximum absolute atomic E-state index is 11.7. The van der Waals surface area contributed by atoms with E-state index in [1.165, 1.54) is 0 Å². The zero-order chi connectivity index (χ0) is 11.0. The summed E-state index contributed by atoms with van der Waals surface area (Å²) in [7, 11) is 0. The first-order chi connectivity index (χ1) is 7.11. The number of rotatable bonds is 1. The average Bonchev–Trinajstić information content (AvgIpc) is 2.17. The van der Waals surface area contributed by atoms with E-state index in [0.29, 0.717) is 10.1 Å². The monoisotopic (exact) mass is 221 g/mol. The predicted octanol–water partition coefficient (Wildman–Crippen LogP) is 1.07. The second kappa shape index (κ2) is 3.36. The van der Waals surface area contributed by atoms with Crippen molar-refractivity contribution in [3.8, 4) is 5.06 Å². The Bertz CT molecular complexity index is 603. The highest BCUT2D eigenvalue weighted by molar-refractivity contribution is 7.20. The van der Waals surface area contributed by atoms with Gasteiger partial charge in [0, 0.05) is 10.1 Å². The number of carbonyl (C=O) groups excluding carboxylic acids is 1. The maximum Gasteiger partial charge on any atom is 0.257 e.